The van der Waals surface area contributed by atoms with Crippen molar-refractivity contribution < 1.29 is 14.3 Å². The number of nitrogens with one attached hydrogen (secondary N) is 1. The second kappa shape index (κ2) is 9.94. The smallest absolute Gasteiger partial charge is 0.254 e. The van der Waals surface area contributed by atoms with Gasteiger partial charge in [0, 0.05) is 30.7 Å². The number of carbonyl (C=O) groups is 1. The Hall–Kier alpha value is -2.90. The third-order valence-corrected chi connectivity index (χ3v) is 6.27. The molecule has 4 rings (SSSR count). The van der Waals surface area contributed by atoms with Crippen LogP contribution < -0.4 is 10.2 Å². The van der Waals surface area contributed by atoms with E-state index in [1.807, 2.05) is 41.3 Å². The minimum absolute atomic E-state index is 0.221. The van der Waals surface area contributed by atoms with E-state index in [9.17, 15) is 14.3 Å². The van der Waals surface area contributed by atoms with E-state index >= 15 is 0 Å². The van der Waals surface area contributed by atoms with Crippen molar-refractivity contribution in [1.29, 1.82) is 0 Å². The van der Waals surface area contributed by atoms with Crippen LogP contribution in [0.2, 0.25) is 0 Å². The van der Waals surface area contributed by atoms with Crippen molar-refractivity contribution in [3.05, 3.63) is 83.8 Å². The van der Waals surface area contributed by atoms with E-state index in [1.54, 1.807) is 24.4 Å². The Kier molecular flexibility index (Phi) is 6.84. The largest absolute Gasteiger partial charge is 0.393 e. The molecule has 0 radical (unpaired) electrons. The van der Waals surface area contributed by atoms with Crippen LogP contribution in [0.3, 0.4) is 0 Å². The van der Waals surface area contributed by atoms with E-state index in [0.717, 1.165) is 4.90 Å². The molecule has 160 valence electrons. The minimum Gasteiger partial charge on any atom is -0.393 e. The highest BCUT2D eigenvalue weighted by Crippen LogP contribution is 2.28. The molecule has 1 saturated heterocycles. The van der Waals surface area contributed by atoms with Crippen molar-refractivity contribution in [1.82, 2.24) is 10.3 Å². The number of hydrogen-bond donors (Lipinski definition) is 2. The molecular formula is C24H24FN3O2S. The lowest BCUT2D eigenvalue weighted by atomic mass is 10.1. The Labute approximate surface area is 185 Å². The van der Waals surface area contributed by atoms with Crippen LogP contribution in [0, 0.1) is 5.82 Å². The van der Waals surface area contributed by atoms with E-state index < -0.39 is 0 Å². The molecule has 0 atom stereocenters. The highest BCUT2D eigenvalue weighted by molar-refractivity contribution is 7.99. The summed E-state index contributed by atoms with van der Waals surface area (Å²) in [6, 6.07) is 18.3. The number of halogens is 1. The number of carbonyl (C=O) groups excluding carboxylic acids is 1. The summed E-state index contributed by atoms with van der Waals surface area (Å²) in [6.45, 7) is 1.49. The first-order valence-corrected chi connectivity index (χ1v) is 11.1. The maximum atomic E-state index is 14.7. The number of hydrogen-bond acceptors (Lipinski definition) is 5. The number of aliphatic hydroxyl groups excluding tert-OH is 1. The SMILES string of the molecule is O=C(NCc1ccc(N2CCC(O)CC2)c(F)c1)c1cccnc1Sc1ccccc1. The molecule has 0 saturated carbocycles. The minimum atomic E-state index is -0.315. The fourth-order valence-corrected chi connectivity index (χ4v) is 4.45. The molecule has 2 aromatic carbocycles. The summed E-state index contributed by atoms with van der Waals surface area (Å²) in [5.74, 6) is -0.564. The summed E-state index contributed by atoms with van der Waals surface area (Å²) < 4.78 is 14.7. The van der Waals surface area contributed by atoms with Crippen LogP contribution in [0.15, 0.2) is 76.8 Å². The highest BCUT2D eigenvalue weighted by atomic mass is 32.2. The molecule has 0 spiro atoms. The van der Waals surface area contributed by atoms with Gasteiger partial charge in [-0.3, -0.25) is 4.79 Å². The van der Waals surface area contributed by atoms with Gasteiger partial charge in [-0.05, 0) is 54.8 Å². The molecular weight excluding hydrogens is 413 g/mol. The van der Waals surface area contributed by atoms with Gasteiger partial charge in [-0.15, -0.1) is 0 Å². The van der Waals surface area contributed by atoms with Gasteiger partial charge in [-0.1, -0.05) is 36.0 Å². The quantitative estimate of drug-likeness (QED) is 0.603. The third kappa shape index (κ3) is 5.42. The van der Waals surface area contributed by atoms with Crippen LogP contribution >= 0.6 is 11.8 Å². The Balaban J connectivity index is 1.41. The summed E-state index contributed by atoms with van der Waals surface area (Å²) in [7, 11) is 0. The summed E-state index contributed by atoms with van der Waals surface area (Å²) >= 11 is 1.43. The molecule has 1 aliphatic heterocycles. The first-order valence-electron chi connectivity index (χ1n) is 10.3. The van der Waals surface area contributed by atoms with Crippen molar-refractivity contribution >= 4 is 23.4 Å². The molecule has 0 aliphatic carbocycles. The molecule has 1 aliphatic rings. The van der Waals surface area contributed by atoms with Crippen LogP contribution in [-0.4, -0.2) is 35.2 Å². The number of pyridine rings is 1. The topological polar surface area (TPSA) is 65.5 Å². The van der Waals surface area contributed by atoms with Crippen LogP contribution in [0.25, 0.3) is 0 Å². The van der Waals surface area contributed by atoms with Gasteiger partial charge in [0.25, 0.3) is 5.91 Å². The molecule has 1 fully saturated rings. The Morgan fingerprint density at radius 3 is 2.65 bits per heavy atom. The standard InChI is InChI=1S/C24H24FN3O2S/c25-21-15-17(8-9-22(21)28-13-10-18(29)11-14-28)16-27-23(30)20-7-4-12-26-24(20)31-19-5-2-1-3-6-19/h1-9,12,15,18,29H,10-11,13-14,16H2,(H,27,30). The summed E-state index contributed by atoms with van der Waals surface area (Å²) in [4.78, 5) is 20.1. The van der Waals surface area contributed by atoms with Gasteiger partial charge >= 0.3 is 0 Å². The van der Waals surface area contributed by atoms with Gasteiger partial charge in [0.05, 0.1) is 17.4 Å². The predicted molar refractivity (Wildman–Crippen MR) is 120 cm³/mol. The normalized spacial score (nSPS) is 14.5. The van der Waals surface area contributed by atoms with Gasteiger partial charge in [0.15, 0.2) is 0 Å². The average molecular weight is 438 g/mol. The second-order valence-corrected chi connectivity index (χ2v) is 8.52. The molecule has 1 aromatic heterocycles. The lowest BCUT2D eigenvalue weighted by Gasteiger charge is -2.31. The first-order chi connectivity index (χ1) is 15.1. The molecule has 5 nitrogen and oxygen atoms in total. The van der Waals surface area contributed by atoms with Crippen molar-refractivity contribution in [3.63, 3.8) is 0 Å². The van der Waals surface area contributed by atoms with E-state index in [0.29, 0.717) is 47.8 Å². The van der Waals surface area contributed by atoms with Crippen molar-refractivity contribution in [2.75, 3.05) is 18.0 Å². The number of benzene rings is 2. The zero-order valence-electron chi connectivity index (χ0n) is 17.0. The Morgan fingerprint density at radius 2 is 1.90 bits per heavy atom. The molecule has 0 unspecified atom stereocenters. The van der Waals surface area contributed by atoms with Gasteiger partial charge in [-0.2, -0.15) is 0 Å². The number of aliphatic hydroxyl groups is 1. The molecule has 1 amide bonds. The molecule has 31 heavy (non-hydrogen) atoms. The summed E-state index contributed by atoms with van der Waals surface area (Å²) in [6.07, 6.45) is 2.65. The molecule has 3 aromatic rings. The lowest BCUT2D eigenvalue weighted by molar-refractivity contribution is 0.0947. The van der Waals surface area contributed by atoms with Crippen LogP contribution in [-0.2, 0) is 6.54 Å². The second-order valence-electron chi connectivity index (χ2n) is 7.46. The highest BCUT2D eigenvalue weighted by Gasteiger charge is 2.20. The molecule has 2 heterocycles. The monoisotopic (exact) mass is 437 g/mol. The Morgan fingerprint density at radius 1 is 1.13 bits per heavy atom. The molecule has 7 heteroatoms. The zero-order chi connectivity index (χ0) is 21.6. The van der Waals surface area contributed by atoms with Gasteiger partial charge < -0.3 is 15.3 Å². The van der Waals surface area contributed by atoms with Gasteiger partial charge in [-0.25, -0.2) is 9.37 Å². The number of piperidine rings is 1. The number of nitrogens with zero attached hydrogens (tertiary/aromatic N) is 2. The fourth-order valence-electron chi connectivity index (χ4n) is 3.55. The van der Waals surface area contributed by atoms with Crippen LogP contribution in [0.5, 0.6) is 0 Å². The van der Waals surface area contributed by atoms with Gasteiger partial charge in [0.1, 0.15) is 10.8 Å². The number of amides is 1. The number of rotatable bonds is 6. The fraction of sp³-hybridized carbons (Fsp3) is 0.250. The third-order valence-electron chi connectivity index (χ3n) is 5.24. The van der Waals surface area contributed by atoms with E-state index in [1.165, 1.54) is 17.8 Å². The molecule has 0 bridgehead atoms. The average Bonchev–Trinajstić information content (AvgIpc) is 2.79. The summed E-state index contributed by atoms with van der Waals surface area (Å²) in [5.41, 5.74) is 1.71. The van der Waals surface area contributed by atoms with Crippen molar-refractivity contribution in [3.8, 4) is 0 Å². The maximum absolute atomic E-state index is 14.7. The molecule has 2 N–H and O–H groups in total. The van der Waals surface area contributed by atoms with Crippen LogP contribution in [0.1, 0.15) is 28.8 Å². The lowest BCUT2D eigenvalue weighted by Crippen LogP contribution is -2.36. The van der Waals surface area contributed by atoms with E-state index in [2.05, 4.69) is 10.3 Å². The number of aromatic nitrogens is 1. The predicted octanol–water partition coefficient (Wildman–Crippen LogP) is 4.26. The van der Waals surface area contributed by atoms with Crippen molar-refractivity contribution in [2.24, 2.45) is 0 Å². The summed E-state index contributed by atoms with van der Waals surface area (Å²) in [5, 5.41) is 13.1. The van der Waals surface area contributed by atoms with E-state index in [4.69, 9.17) is 0 Å². The van der Waals surface area contributed by atoms with Crippen LogP contribution in [0.4, 0.5) is 10.1 Å². The number of anilines is 1. The van der Waals surface area contributed by atoms with E-state index in [-0.39, 0.29) is 24.4 Å². The first kappa shape index (κ1) is 21.3. The van der Waals surface area contributed by atoms with Crippen molar-refractivity contribution in [2.45, 2.75) is 35.4 Å². The maximum Gasteiger partial charge on any atom is 0.254 e. The Bertz CT molecular complexity index is 1040. The van der Waals surface area contributed by atoms with Gasteiger partial charge in [0.2, 0.25) is 0 Å². The zero-order valence-corrected chi connectivity index (χ0v) is 17.8.